The van der Waals surface area contributed by atoms with E-state index in [1.165, 1.54) is 147 Å². The van der Waals surface area contributed by atoms with Gasteiger partial charge in [0.1, 0.15) is 0 Å². The maximum atomic E-state index is 2.66. The third-order valence-electron chi connectivity index (χ3n) is 15.3. The Morgan fingerprint density at radius 3 is 1.00 bits per heavy atom. The molecule has 0 aromatic heterocycles. The van der Waals surface area contributed by atoms with Gasteiger partial charge in [-0.2, -0.15) is 0 Å². The highest BCUT2D eigenvalue weighted by Gasteiger charge is 2.45. The molecule has 9 aromatic carbocycles. The average Bonchev–Trinajstić information content (AvgIpc) is 4.03. The molecule has 0 saturated heterocycles. The van der Waals surface area contributed by atoms with Crippen LogP contribution in [-0.4, -0.2) is 6.71 Å². The molecule has 2 nitrogen and oxygen atoms in total. The third kappa shape index (κ3) is 6.17. The Bertz CT molecular complexity index is 3050. The van der Waals surface area contributed by atoms with Crippen molar-refractivity contribution < 1.29 is 0 Å². The first-order chi connectivity index (χ1) is 32.5. The first-order valence-electron chi connectivity index (χ1n) is 24.0. The van der Waals surface area contributed by atoms with Crippen LogP contribution >= 0.6 is 0 Å². The molecule has 0 saturated carbocycles. The van der Waals surface area contributed by atoms with Gasteiger partial charge in [0.05, 0.1) is 0 Å². The summed E-state index contributed by atoms with van der Waals surface area (Å²) in [6.07, 6.45) is 6.95. The summed E-state index contributed by atoms with van der Waals surface area (Å²) in [5.74, 6) is 0. The molecule has 2 aliphatic heterocycles. The zero-order valence-corrected chi connectivity index (χ0v) is 38.0. The quantitative estimate of drug-likeness (QED) is 0.154. The maximum absolute atomic E-state index is 2.66. The average molecular weight is 847 g/mol. The van der Waals surface area contributed by atoms with Gasteiger partial charge in [-0.05, 0) is 208 Å². The number of aryl methyl sites for hydroxylation is 5. The second-order valence-electron chi connectivity index (χ2n) is 19.2. The number of rotatable bonds is 6. The Hall–Kier alpha value is -7.36. The number of benzene rings is 9. The van der Waals surface area contributed by atoms with Gasteiger partial charge in [0.15, 0.2) is 0 Å². The first-order valence-corrected chi connectivity index (χ1v) is 24.0. The fourth-order valence-electron chi connectivity index (χ4n) is 12.2. The van der Waals surface area contributed by atoms with Crippen LogP contribution in [0.25, 0.3) is 44.5 Å². The molecule has 0 radical (unpaired) electrons. The molecular weight excluding hydrogens is 796 g/mol. The SMILES string of the molecule is Cc1cc2c3c(c1)N(c1cc(-c4ccccc4)c(C)c(-c4ccccc4)c1)c1cc4c(cc1B3c1cc3c(cc1N2c1cc(-c2ccccc2)c(C)c(-c2ccccc2)c1)CCC3)CCC4. The van der Waals surface area contributed by atoms with Crippen molar-refractivity contribution in [1.29, 1.82) is 0 Å². The van der Waals surface area contributed by atoms with E-state index in [1.807, 2.05) is 0 Å². The molecule has 316 valence electrons. The smallest absolute Gasteiger partial charge is 0.252 e. The fraction of sp³-hybridized carbons (Fsp3) is 0.143. The van der Waals surface area contributed by atoms with Crippen molar-refractivity contribution >= 4 is 57.2 Å². The van der Waals surface area contributed by atoms with E-state index < -0.39 is 0 Å². The van der Waals surface area contributed by atoms with Crippen molar-refractivity contribution in [1.82, 2.24) is 0 Å². The van der Waals surface area contributed by atoms with Gasteiger partial charge in [0.25, 0.3) is 6.71 Å². The lowest BCUT2D eigenvalue weighted by atomic mass is 9.33. The van der Waals surface area contributed by atoms with E-state index in [0.717, 1.165) is 25.7 Å². The van der Waals surface area contributed by atoms with Crippen LogP contribution in [0.1, 0.15) is 51.8 Å². The van der Waals surface area contributed by atoms with Gasteiger partial charge < -0.3 is 9.80 Å². The van der Waals surface area contributed by atoms with Crippen molar-refractivity contribution in [2.24, 2.45) is 0 Å². The van der Waals surface area contributed by atoms with E-state index in [9.17, 15) is 0 Å². The van der Waals surface area contributed by atoms with Crippen molar-refractivity contribution in [3.8, 4) is 44.5 Å². The third-order valence-corrected chi connectivity index (χ3v) is 15.3. The fourth-order valence-corrected chi connectivity index (χ4v) is 12.2. The molecule has 0 spiro atoms. The van der Waals surface area contributed by atoms with Crippen LogP contribution < -0.4 is 26.2 Å². The number of fused-ring (bicyclic) bond motifs is 6. The van der Waals surface area contributed by atoms with E-state index in [0.29, 0.717) is 0 Å². The highest BCUT2D eigenvalue weighted by Crippen LogP contribution is 2.49. The summed E-state index contributed by atoms with van der Waals surface area (Å²) in [5, 5.41) is 0. The van der Waals surface area contributed by atoms with Crippen LogP contribution in [0, 0.1) is 20.8 Å². The Labute approximate surface area is 389 Å². The van der Waals surface area contributed by atoms with Crippen LogP contribution in [0.15, 0.2) is 182 Å². The standard InChI is InChI=1S/C63H51BN2/c1-40-30-61-63-62(31-40)66(52-38-55(45-22-12-6-13-23-45)42(3)56(39-52)46-24-14-7-15-25-46)60-35-50-29-17-27-48(50)33-58(60)64(63)57-32-47-26-16-28-49(47)34-59(57)65(61)51-36-53(43-18-8-4-9-19-43)41(2)54(37-51)44-20-10-5-11-21-44/h4-15,18-25,30-39H,16-17,26-29H2,1-3H3. The van der Waals surface area contributed by atoms with Gasteiger partial charge in [0.2, 0.25) is 0 Å². The first kappa shape index (κ1) is 39.0. The van der Waals surface area contributed by atoms with Gasteiger partial charge in [-0.15, -0.1) is 0 Å². The molecule has 0 atom stereocenters. The monoisotopic (exact) mass is 846 g/mol. The van der Waals surface area contributed by atoms with Crippen molar-refractivity contribution in [2.75, 3.05) is 9.80 Å². The summed E-state index contributed by atoms with van der Waals surface area (Å²) < 4.78 is 0. The van der Waals surface area contributed by atoms with Gasteiger partial charge in [0, 0.05) is 34.1 Å². The van der Waals surface area contributed by atoms with Crippen molar-refractivity contribution in [2.45, 2.75) is 59.3 Å². The number of nitrogens with zero attached hydrogens (tertiary/aromatic N) is 2. The highest BCUT2D eigenvalue weighted by molar-refractivity contribution is 7.00. The molecule has 0 amide bonds. The summed E-state index contributed by atoms with van der Waals surface area (Å²) in [7, 11) is 0. The molecule has 3 heteroatoms. The molecule has 4 aliphatic rings. The zero-order valence-electron chi connectivity index (χ0n) is 38.0. The molecule has 0 unspecified atom stereocenters. The Kier molecular flexibility index (Phi) is 9.10. The van der Waals surface area contributed by atoms with E-state index >= 15 is 0 Å². The maximum Gasteiger partial charge on any atom is 0.252 e. The molecule has 2 aliphatic carbocycles. The molecule has 9 aromatic rings. The van der Waals surface area contributed by atoms with Crippen molar-refractivity contribution in [3.05, 3.63) is 221 Å². The van der Waals surface area contributed by atoms with E-state index in [1.54, 1.807) is 0 Å². The second-order valence-corrected chi connectivity index (χ2v) is 19.2. The Balaban J connectivity index is 1.13. The Morgan fingerprint density at radius 1 is 0.348 bits per heavy atom. The Morgan fingerprint density at radius 2 is 0.667 bits per heavy atom. The molecular formula is C63H51BN2. The predicted octanol–water partition coefficient (Wildman–Crippen LogP) is 14.3. The zero-order chi connectivity index (χ0) is 44.0. The summed E-state index contributed by atoms with van der Waals surface area (Å²) in [4.78, 5) is 5.32. The second kappa shape index (κ2) is 15.4. The minimum absolute atomic E-state index is 0.0881. The minimum atomic E-state index is 0.0881. The highest BCUT2D eigenvalue weighted by atomic mass is 15.2. The van der Waals surface area contributed by atoms with Crippen LogP contribution in [0.3, 0.4) is 0 Å². The molecule has 0 bridgehead atoms. The van der Waals surface area contributed by atoms with E-state index in [2.05, 4.69) is 213 Å². The largest absolute Gasteiger partial charge is 0.311 e. The van der Waals surface area contributed by atoms with Gasteiger partial charge in [-0.1, -0.05) is 133 Å². The number of hydrogen-bond acceptors (Lipinski definition) is 2. The lowest BCUT2D eigenvalue weighted by Gasteiger charge is -2.45. The van der Waals surface area contributed by atoms with E-state index in [4.69, 9.17) is 0 Å². The lowest BCUT2D eigenvalue weighted by molar-refractivity contribution is 0.912. The lowest BCUT2D eigenvalue weighted by Crippen LogP contribution is -2.61. The predicted molar refractivity (Wildman–Crippen MR) is 280 cm³/mol. The normalized spacial score (nSPS) is 14.1. The van der Waals surface area contributed by atoms with Crippen molar-refractivity contribution in [3.63, 3.8) is 0 Å². The molecule has 13 rings (SSSR count). The van der Waals surface area contributed by atoms with Gasteiger partial charge in [-0.3, -0.25) is 0 Å². The van der Waals surface area contributed by atoms with Crippen LogP contribution in [-0.2, 0) is 25.7 Å². The number of hydrogen-bond donors (Lipinski definition) is 0. The number of anilines is 6. The van der Waals surface area contributed by atoms with Crippen LogP contribution in [0.4, 0.5) is 34.1 Å². The summed E-state index contributed by atoms with van der Waals surface area (Å²) in [6.45, 7) is 7.00. The van der Waals surface area contributed by atoms with Crippen LogP contribution in [0.5, 0.6) is 0 Å². The topological polar surface area (TPSA) is 6.48 Å². The summed E-state index contributed by atoms with van der Waals surface area (Å²) >= 11 is 0. The molecule has 0 N–H and O–H groups in total. The summed E-state index contributed by atoms with van der Waals surface area (Å²) in [6, 6.07) is 69.3. The molecule has 66 heavy (non-hydrogen) atoms. The molecule has 2 heterocycles. The summed E-state index contributed by atoms with van der Waals surface area (Å²) in [5.41, 5.74) is 31.7. The minimum Gasteiger partial charge on any atom is -0.311 e. The van der Waals surface area contributed by atoms with E-state index in [-0.39, 0.29) is 6.71 Å². The van der Waals surface area contributed by atoms with Crippen LogP contribution in [0.2, 0.25) is 0 Å². The van der Waals surface area contributed by atoms with Gasteiger partial charge in [-0.25, -0.2) is 0 Å². The van der Waals surface area contributed by atoms with Gasteiger partial charge >= 0.3 is 0 Å². The molecule has 0 fully saturated rings.